The van der Waals surface area contributed by atoms with Crippen molar-refractivity contribution < 1.29 is 31.3 Å². The summed E-state index contributed by atoms with van der Waals surface area (Å²) in [6.45, 7) is 4.99. The molecule has 4 rings (SSSR count). The molecule has 0 saturated heterocycles. The number of allylic oxidation sites excluding steroid dienone is 2. The first-order chi connectivity index (χ1) is 16.9. The molecule has 2 aromatic rings. The average molecular weight is 530 g/mol. The number of hydrogen-bond acceptors (Lipinski definition) is 8. The van der Waals surface area contributed by atoms with Crippen molar-refractivity contribution in [3.63, 3.8) is 0 Å². The molecule has 0 N–H and O–H groups in total. The van der Waals surface area contributed by atoms with E-state index in [1.165, 1.54) is 25.3 Å². The van der Waals surface area contributed by atoms with Crippen LogP contribution in [0.5, 0.6) is 0 Å². The first-order valence-electron chi connectivity index (χ1n) is 11.5. The summed E-state index contributed by atoms with van der Waals surface area (Å²) < 4.78 is 52.8. The van der Waals surface area contributed by atoms with Crippen LogP contribution in [0.25, 0.3) is 0 Å². The largest absolute Gasteiger partial charge is 0.399 e. The van der Waals surface area contributed by atoms with E-state index in [2.05, 4.69) is 5.16 Å². The Balaban J connectivity index is 1.97. The molecule has 0 atom stereocenters. The molecule has 1 heterocycles. The van der Waals surface area contributed by atoms with E-state index in [4.69, 9.17) is 4.84 Å². The number of nitrogens with zero attached hydrogens (tertiary/aromatic N) is 1. The number of carbonyl (C=O) groups is 2. The van der Waals surface area contributed by atoms with Crippen LogP contribution in [0.15, 0.2) is 55.8 Å². The molecule has 2 aromatic carbocycles. The second kappa shape index (κ2) is 9.40. The van der Waals surface area contributed by atoms with Crippen molar-refractivity contribution in [2.24, 2.45) is 5.16 Å². The number of aryl methyl sites for hydroxylation is 2. The summed E-state index contributed by atoms with van der Waals surface area (Å²) in [7, 11) is -6.37. The van der Waals surface area contributed by atoms with E-state index in [-0.39, 0.29) is 56.4 Å². The number of benzene rings is 2. The summed E-state index contributed by atoms with van der Waals surface area (Å²) in [6.07, 6.45) is 0.551. The Morgan fingerprint density at radius 3 is 2.33 bits per heavy atom. The lowest BCUT2D eigenvalue weighted by Crippen LogP contribution is -2.28. The van der Waals surface area contributed by atoms with Gasteiger partial charge in [-0.05, 0) is 62.9 Å². The molecule has 1 aliphatic carbocycles. The van der Waals surface area contributed by atoms with Gasteiger partial charge >= 0.3 is 0 Å². The standard InChI is InChI=1S/C26H27NO7S2/c1-15-8-10-18(11-9-15)36(32,33)22-7-5-6-21(28)24(22)25(29)19-14-16(2)26-23(17(19)3)20(27-34-4)12-13-35(26,30)31/h8-11,14H,5-7,12-13H2,1-4H3. The minimum absolute atomic E-state index is 0.0158. The van der Waals surface area contributed by atoms with Crippen LogP contribution in [0.1, 0.15) is 58.3 Å². The number of rotatable bonds is 5. The number of sulfone groups is 2. The van der Waals surface area contributed by atoms with Gasteiger partial charge in [-0.2, -0.15) is 0 Å². The van der Waals surface area contributed by atoms with E-state index in [1.54, 1.807) is 26.0 Å². The van der Waals surface area contributed by atoms with E-state index in [0.29, 0.717) is 23.3 Å². The van der Waals surface area contributed by atoms with Gasteiger partial charge in [0.2, 0.25) is 9.84 Å². The number of fused-ring (bicyclic) bond motifs is 1. The van der Waals surface area contributed by atoms with Crippen LogP contribution in [0.3, 0.4) is 0 Å². The molecule has 10 heteroatoms. The molecule has 0 saturated carbocycles. The summed E-state index contributed by atoms with van der Waals surface area (Å²) in [5, 5.41) is 3.99. The SMILES string of the molecule is CON=C1CCS(=O)(=O)c2c(C)cc(C(=O)C3=C(S(=O)(=O)c4ccc(C)cc4)CCCC3=O)c(C)c21. The molecule has 0 amide bonds. The average Bonchev–Trinajstić information content (AvgIpc) is 2.82. The van der Waals surface area contributed by atoms with Gasteiger partial charge in [0.1, 0.15) is 7.11 Å². The van der Waals surface area contributed by atoms with Gasteiger partial charge < -0.3 is 4.84 Å². The summed E-state index contributed by atoms with van der Waals surface area (Å²) in [6, 6.07) is 7.67. The van der Waals surface area contributed by atoms with Crippen LogP contribution in [-0.2, 0) is 29.3 Å². The van der Waals surface area contributed by atoms with Crippen molar-refractivity contribution in [2.75, 3.05) is 12.9 Å². The lowest BCUT2D eigenvalue weighted by molar-refractivity contribution is -0.115. The Bertz CT molecular complexity index is 1560. The third-order valence-electron chi connectivity index (χ3n) is 6.63. The maximum absolute atomic E-state index is 13.9. The van der Waals surface area contributed by atoms with Gasteiger partial charge in [-0.15, -0.1) is 0 Å². The fourth-order valence-corrected chi connectivity index (χ4v) is 8.33. The van der Waals surface area contributed by atoms with Crippen molar-refractivity contribution in [3.05, 3.63) is 68.6 Å². The van der Waals surface area contributed by atoms with Gasteiger partial charge in [0.15, 0.2) is 21.4 Å². The molecule has 190 valence electrons. The summed E-state index contributed by atoms with van der Waals surface area (Å²) in [4.78, 5) is 31.7. The third kappa shape index (κ3) is 4.32. The highest BCUT2D eigenvalue weighted by atomic mass is 32.2. The molecule has 0 bridgehead atoms. The number of hydrogen-bond donors (Lipinski definition) is 0. The molecule has 8 nitrogen and oxygen atoms in total. The van der Waals surface area contributed by atoms with Crippen molar-refractivity contribution in [3.8, 4) is 0 Å². The molecule has 0 unspecified atom stereocenters. The first kappa shape index (κ1) is 26.0. The van der Waals surface area contributed by atoms with Gasteiger partial charge in [0.05, 0.1) is 31.7 Å². The van der Waals surface area contributed by atoms with Crippen molar-refractivity contribution in [1.29, 1.82) is 0 Å². The highest BCUT2D eigenvalue weighted by molar-refractivity contribution is 7.95. The zero-order valence-electron chi connectivity index (χ0n) is 20.5. The van der Waals surface area contributed by atoms with E-state index in [0.717, 1.165) is 5.56 Å². The molecule has 2 aliphatic rings. The summed E-state index contributed by atoms with van der Waals surface area (Å²) >= 11 is 0. The lowest BCUT2D eigenvalue weighted by Gasteiger charge is -2.25. The number of ketones is 2. The quantitative estimate of drug-likeness (QED) is 0.328. The molecule has 1 aliphatic heterocycles. The zero-order chi connectivity index (χ0) is 26.4. The molecule has 0 fully saturated rings. The van der Waals surface area contributed by atoms with Gasteiger partial charge in [-0.1, -0.05) is 22.9 Å². The van der Waals surface area contributed by atoms with E-state index < -0.39 is 31.2 Å². The van der Waals surface area contributed by atoms with Crippen molar-refractivity contribution in [2.45, 2.75) is 56.2 Å². The van der Waals surface area contributed by atoms with Crippen molar-refractivity contribution in [1.82, 2.24) is 0 Å². The minimum Gasteiger partial charge on any atom is -0.399 e. The summed E-state index contributed by atoms with van der Waals surface area (Å²) in [5.74, 6) is -1.41. The van der Waals surface area contributed by atoms with Crippen LogP contribution < -0.4 is 0 Å². The topological polar surface area (TPSA) is 124 Å². The fourth-order valence-electron chi connectivity index (χ4n) is 4.87. The minimum atomic E-state index is -4.09. The maximum Gasteiger partial charge on any atom is 0.203 e. The first-order valence-corrected chi connectivity index (χ1v) is 14.6. The normalized spacial score (nSPS) is 18.8. The van der Waals surface area contributed by atoms with Gasteiger partial charge in [-0.25, -0.2) is 16.8 Å². The Hall–Kier alpha value is -3.11. The number of oxime groups is 1. The second-order valence-corrected chi connectivity index (χ2v) is 13.1. The molecular formula is C26H27NO7S2. The Labute approximate surface area is 210 Å². The fraction of sp³-hybridized carbons (Fsp3) is 0.346. The number of Topliss-reactive ketones (excluding diaryl/α,β-unsaturated/α-hetero) is 2. The van der Waals surface area contributed by atoms with Gasteiger partial charge in [0.25, 0.3) is 0 Å². The zero-order valence-corrected chi connectivity index (χ0v) is 22.2. The Kier molecular flexibility index (Phi) is 6.78. The smallest absolute Gasteiger partial charge is 0.203 e. The Morgan fingerprint density at radius 2 is 1.69 bits per heavy atom. The van der Waals surface area contributed by atoms with Crippen LogP contribution >= 0.6 is 0 Å². The summed E-state index contributed by atoms with van der Waals surface area (Å²) in [5.41, 5.74) is 1.91. The monoisotopic (exact) mass is 529 g/mol. The maximum atomic E-state index is 13.9. The molecule has 0 aromatic heterocycles. The van der Waals surface area contributed by atoms with Crippen molar-refractivity contribution >= 4 is 37.0 Å². The van der Waals surface area contributed by atoms with E-state index >= 15 is 0 Å². The molecular weight excluding hydrogens is 502 g/mol. The highest BCUT2D eigenvalue weighted by Gasteiger charge is 2.38. The molecule has 0 radical (unpaired) electrons. The number of carbonyl (C=O) groups excluding carboxylic acids is 2. The van der Waals surface area contributed by atoms with E-state index in [9.17, 15) is 26.4 Å². The molecule has 36 heavy (non-hydrogen) atoms. The third-order valence-corrected chi connectivity index (χ3v) is 10.5. The van der Waals surface area contributed by atoms with Gasteiger partial charge in [-0.3, -0.25) is 9.59 Å². The van der Waals surface area contributed by atoms with Crippen LogP contribution in [0.4, 0.5) is 0 Å². The van der Waals surface area contributed by atoms with Crippen LogP contribution in [0, 0.1) is 20.8 Å². The lowest BCUT2D eigenvalue weighted by atomic mass is 9.86. The molecule has 0 spiro atoms. The second-order valence-electron chi connectivity index (χ2n) is 9.08. The van der Waals surface area contributed by atoms with Gasteiger partial charge in [0, 0.05) is 24.0 Å². The van der Waals surface area contributed by atoms with Crippen LogP contribution in [0.2, 0.25) is 0 Å². The predicted octanol–water partition coefficient (Wildman–Crippen LogP) is 3.80. The highest BCUT2D eigenvalue weighted by Crippen LogP contribution is 2.37. The predicted molar refractivity (Wildman–Crippen MR) is 135 cm³/mol. The van der Waals surface area contributed by atoms with E-state index in [1.807, 2.05) is 6.92 Å². The van der Waals surface area contributed by atoms with Crippen LogP contribution in [-0.4, -0.2) is 47.0 Å². The Morgan fingerprint density at radius 1 is 1.03 bits per heavy atom.